The van der Waals surface area contributed by atoms with E-state index in [0.717, 1.165) is 37.2 Å². The van der Waals surface area contributed by atoms with Gasteiger partial charge >= 0.3 is 0 Å². The van der Waals surface area contributed by atoms with E-state index in [1.54, 1.807) is 0 Å². The summed E-state index contributed by atoms with van der Waals surface area (Å²) in [5.74, 6) is 3.22. The third kappa shape index (κ3) is 3.93. The summed E-state index contributed by atoms with van der Waals surface area (Å²) in [6.45, 7) is 6.24. The first-order valence-electron chi connectivity index (χ1n) is 10.2. The smallest absolute Gasteiger partial charge is 0.230 e. The number of rotatable bonds is 4. The Morgan fingerprint density at radius 2 is 1.85 bits per heavy atom. The van der Waals surface area contributed by atoms with Crippen LogP contribution in [-0.2, 0) is 12.8 Å². The Bertz CT molecular complexity index is 750. The molecule has 146 valence electrons. The fraction of sp³-hybridized carbons (Fsp3) is 0.700. The summed E-state index contributed by atoms with van der Waals surface area (Å²) < 4.78 is 0. The number of hydrogen-bond donors (Lipinski definition) is 0. The first kappa shape index (κ1) is 18.6. The predicted molar refractivity (Wildman–Crippen MR) is 111 cm³/mol. The predicted octanol–water partition coefficient (Wildman–Crippen LogP) is 3.78. The van der Waals surface area contributed by atoms with Crippen LogP contribution in [0.5, 0.6) is 0 Å². The van der Waals surface area contributed by atoms with Crippen LogP contribution in [0.3, 0.4) is 0 Å². The van der Waals surface area contributed by atoms with Gasteiger partial charge in [-0.05, 0) is 38.5 Å². The van der Waals surface area contributed by atoms with Crippen LogP contribution in [0.25, 0.3) is 0 Å². The van der Waals surface area contributed by atoms with Gasteiger partial charge in [0.15, 0.2) is 0 Å². The van der Waals surface area contributed by atoms with E-state index in [1.165, 1.54) is 47.7 Å². The van der Waals surface area contributed by atoms with Gasteiger partial charge in [-0.15, -0.1) is 11.3 Å². The van der Waals surface area contributed by atoms with Gasteiger partial charge in [0, 0.05) is 43.9 Å². The molecule has 0 N–H and O–H groups in total. The zero-order chi connectivity index (χ0) is 19.0. The lowest BCUT2D eigenvalue weighted by Crippen LogP contribution is -2.36. The summed E-state index contributed by atoms with van der Waals surface area (Å²) >= 11 is 1.96. The maximum atomic E-state index is 5.02. The third-order valence-electron chi connectivity index (χ3n) is 5.46. The van der Waals surface area contributed by atoms with E-state index in [4.69, 9.17) is 15.0 Å². The number of anilines is 2. The molecule has 1 unspecified atom stereocenters. The van der Waals surface area contributed by atoms with Gasteiger partial charge in [0.05, 0.1) is 10.7 Å². The zero-order valence-electron chi connectivity index (χ0n) is 16.9. The molecule has 1 aliphatic heterocycles. The highest BCUT2D eigenvalue weighted by atomic mass is 32.1. The molecule has 1 fully saturated rings. The molecular formula is C20H30N6S. The maximum absolute atomic E-state index is 5.02. The number of aromatic nitrogens is 4. The molecule has 27 heavy (non-hydrogen) atoms. The van der Waals surface area contributed by atoms with Gasteiger partial charge in [0.1, 0.15) is 5.82 Å². The van der Waals surface area contributed by atoms with Crippen molar-refractivity contribution in [2.24, 2.45) is 0 Å². The summed E-state index contributed by atoms with van der Waals surface area (Å²) in [6, 6.07) is 0. The SMILES string of the molecule is CC(C)c1nc(N(C)C)nc(N2CCCC(c3nc4c(s3)CCCC4)C2)n1. The fourth-order valence-corrected chi connectivity index (χ4v) is 5.16. The quantitative estimate of drug-likeness (QED) is 0.797. The summed E-state index contributed by atoms with van der Waals surface area (Å²) in [6.07, 6.45) is 7.38. The molecule has 0 spiro atoms. The van der Waals surface area contributed by atoms with Crippen LogP contribution in [0.15, 0.2) is 0 Å². The van der Waals surface area contributed by atoms with Crippen molar-refractivity contribution in [2.45, 2.75) is 64.2 Å². The van der Waals surface area contributed by atoms with E-state index >= 15 is 0 Å². The Hall–Kier alpha value is -1.76. The minimum atomic E-state index is 0.289. The van der Waals surface area contributed by atoms with E-state index in [9.17, 15) is 0 Å². The molecule has 0 amide bonds. The van der Waals surface area contributed by atoms with Crippen LogP contribution in [0.2, 0.25) is 0 Å². The molecule has 0 bridgehead atoms. The van der Waals surface area contributed by atoms with E-state index in [-0.39, 0.29) is 5.92 Å². The zero-order valence-corrected chi connectivity index (χ0v) is 17.7. The molecule has 3 heterocycles. The number of piperidine rings is 1. The van der Waals surface area contributed by atoms with Crippen LogP contribution >= 0.6 is 11.3 Å². The van der Waals surface area contributed by atoms with Gasteiger partial charge in [-0.25, -0.2) is 4.98 Å². The standard InChI is InChI=1S/C20H30N6S/c1-13(2)17-22-19(25(3)4)24-20(23-17)26-11-7-8-14(12-26)18-21-15-9-5-6-10-16(15)27-18/h13-14H,5-12H2,1-4H3. The van der Waals surface area contributed by atoms with Crippen molar-refractivity contribution in [2.75, 3.05) is 37.0 Å². The average Bonchev–Trinajstić information content (AvgIpc) is 3.12. The monoisotopic (exact) mass is 386 g/mol. The van der Waals surface area contributed by atoms with Crippen molar-refractivity contribution >= 4 is 23.2 Å². The molecular weight excluding hydrogens is 356 g/mol. The van der Waals surface area contributed by atoms with Crippen LogP contribution in [0.1, 0.15) is 72.8 Å². The van der Waals surface area contributed by atoms with Crippen LogP contribution in [0, 0.1) is 0 Å². The Morgan fingerprint density at radius 3 is 2.59 bits per heavy atom. The summed E-state index contributed by atoms with van der Waals surface area (Å²) in [4.78, 5) is 25.0. The minimum absolute atomic E-state index is 0.289. The van der Waals surface area contributed by atoms with Gasteiger partial charge < -0.3 is 9.80 Å². The molecule has 2 aromatic heterocycles. The lowest BCUT2D eigenvalue weighted by molar-refractivity contribution is 0.499. The first-order valence-corrected chi connectivity index (χ1v) is 11.0. The first-order chi connectivity index (χ1) is 13.0. The van der Waals surface area contributed by atoms with Crippen LogP contribution < -0.4 is 9.80 Å². The number of nitrogens with zero attached hydrogens (tertiary/aromatic N) is 6. The largest absolute Gasteiger partial charge is 0.347 e. The maximum Gasteiger partial charge on any atom is 0.230 e. The minimum Gasteiger partial charge on any atom is -0.347 e. The summed E-state index contributed by atoms with van der Waals surface area (Å²) in [5, 5.41) is 1.33. The van der Waals surface area contributed by atoms with Crippen molar-refractivity contribution in [3.05, 3.63) is 21.4 Å². The molecule has 2 aromatic rings. The molecule has 7 heteroatoms. The van der Waals surface area contributed by atoms with E-state index in [1.807, 2.05) is 30.3 Å². The average molecular weight is 387 g/mol. The van der Waals surface area contributed by atoms with Crippen molar-refractivity contribution in [1.29, 1.82) is 0 Å². The third-order valence-corrected chi connectivity index (χ3v) is 6.78. The number of thiazole rings is 1. The van der Waals surface area contributed by atoms with Crippen LogP contribution in [-0.4, -0.2) is 47.1 Å². The van der Waals surface area contributed by atoms with Crippen LogP contribution in [0.4, 0.5) is 11.9 Å². The highest BCUT2D eigenvalue weighted by Crippen LogP contribution is 2.35. The van der Waals surface area contributed by atoms with Gasteiger partial charge in [0.2, 0.25) is 11.9 Å². The molecule has 1 saturated heterocycles. The topological polar surface area (TPSA) is 58.0 Å². The Balaban J connectivity index is 1.58. The van der Waals surface area contributed by atoms with Crippen molar-refractivity contribution in [1.82, 2.24) is 19.9 Å². The van der Waals surface area contributed by atoms with Crippen molar-refractivity contribution < 1.29 is 0 Å². The molecule has 1 atom stereocenters. The van der Waals surface area contributed by atoms with Gasteiger partial charge in [-0.2, -0.15) is 15.0 Å². The molecule has 0 saturated carbocycles. The van der Waals surface area contributed by atoms with E-state index in [0.29, 0.717) is 5.92 Å². The van der Waals surface area contributed by atoms with Crippen molar-refractivity contribution in [3.63, 3.8) is 0 Å². The second-order valence-electron chi connectivity index (χ2n) is 8.26. The van der Waals surface area contributed by atoms with Gasteiger partial charge in [-0.3, -0.25) is 0 Å². The second kappa shape index (κ2) is 7.70. The number of aryl methyl sites for hydroxylation is 2. The molecule has 0 aromatic carbocycles. The summed E-state index contributed by atoms with van der Waals surface area (Å²) in [5.41, 5.74) is 1.37. The highest BCUT2D eigenvalue weighted by molar-refractivity contribution is 7.11. The fourth-order valence-electron chi connectivity index (χ4n) is 3.88. The summed E-state index contributed by atoms with van der Waals surface area (Å²) in [7, 11) is 3.98. The second-order valence-corrected chi connectivity index (χ2v) is 9.37. The molecule has 4 rings (SSSR count). The number of fused-ring (bicyclic) bond motifs is 1. The highest BCUT2D eigenvalue weighted by Gasteiger charge is 2.28. The van der Waals surface area contributed by atoms with E-state index in [2.05, 4.69) is 23.7 Å². The normalized spacial score (nSPS) is 20.0. The molecule has 1 aliphatic carbocycles. The van der Waals surface area contributed by atoms with Gasteiger partial charge in [-0.1, -0.05) is 13.8 Å². The Morgan fingerprint density at radius 1 is 1.04 bits per heavy atom. The number of hydrogen-bond acceptors (Lipinski definition) is 7. The Labute approximate surface area is 166 Å². The molecule has 6 nitrogen and oxygen atoms in total. The molecule has 0 radical (unpaired) electrons. The molecule has 2 aliphatic rings. The lowest BCUT2D eigenvalue weighted by atomic mass is 9.98. The lowest BCUT2D eigenvalue weighted by Gasteiger charge is -2.32. The van der Waals surface area contributed by atoms with E-state index < -0.39 is 0 Å². The Kier molecular flexibility index (Phi) is 5.30. The van der Waals surface area contributed by atoms with Crippen molar-refractivity contribution in [3.8, 4) is 0 Å². The van der Waals surface area contributed by atoms with Gasteiger partial charge in [0.25, 0.3) is 0 Å².